The number of carboxylic acid groups (broad SMARTS) is 1. The molecule has 1 aromatic rings. The van der Waals surface area contributed by atoms with Gasteiger partial charge in [-0.15, -0.1) is 0 Å². The van der Waals surface area contributed by atoms with Gasteiger partial charge in [0.2, 0.25) is 12.3 Å². The number of halogens is 2. The first-order valence-corrected chi connectivity index (χ1v) is 7.22. The van der Waals surface area contributed by atoms with Crippen LogP contribution in [-0.4, -0.2) is 29.5 Å². The minimum atomic E-state index is -2.78. The lowest BCUT2D eigenvalue weighted by atomic mass is 9.96. The number of alkyl halides is 2. The number of amides is 1. The summed E-state index contributed by atoms with van der Waals surface area (Å²) in [5.74, 6) is -2.11. The Bertz CT molecular complexity index is 503. The fourth-order valence-electron chi connectivity index (χ4n) is 2.13. The summed E-state index contributed by atoms with van der Waals surface area (Å²) in [6.07, 6.45) is -2.69. The van der Waals surface area contributed by atoms with Crippen molar-refractivity contribution < 1.29 is 23.5 Å². The molecule has 4 nitrogen and oxygen atoms in total. The summed E-state index contributed by atoms with van der Waals surface area (Å²) in [5, 5.41) is 11.0. The van der Waals surface area contributed by atoms with Crippen molar-refractivity contribution in [3.05, 3.63) is 35.4 Å². The smallest absolute Gasteiger partial charge is 0.326 e. The lowest BCUT2D eigenvalue weighted by Crippen LogP contribution is -2.42. The third-order valence-corrected chi connectivity index (χ3v) is 3.50. The molecule has 0 fully saturated rings. The third kappa shape index (κ3) is 5.79. The number of benzene rings is 1. The molecule has 0 saturated heterocycles. The summed E-state index contributed by atoms with van der Waals surface area (Å²) < 4.78 is 24.6. The standard InChI is InChI=1S/C16H21F2NO3/c1-3-11-4-6-12(7-5-11)10(2)8-15(20)19-13(16(21)22)9-14(17)18/h4-7,10,13-14H,3,8-9H2,1-2H3,(H,19,20)(H,21,22). The van der Waals surface area contributed by atoms with Crippen molar-refractivity contribution in [2.24, 2.45) is 0 Å². The van der Waals surface area contributed by atoms with E-state index in [0.717, 1.165) is 12.0 Å². The van der Waals surface area contributed by atoms with Crippen LogP contribution in [0.1, 0.15) is 43.7 Å². The average molecular weight is 313 g/mol. The van der Waals surface area contributed by atoms with Crippen molar-refractivity contribution in [3.8, 4) is 0 Å². The molecule has 6 heteroatoms. The Balaban J connectivity index is 2.60. The summed E-state index contributed by atoms with van der Waals surface area (Å²) in [6.45, 7) is 3.88. The van der Waals surface area contributed by atoms with E-state index in [9.17, 15) is 18.4 Å². The minimum Gasteiger partial charge on any atom is -0.480 e. The van der Waals surface area contributed by atoms with E-state index in [-0.39, 0.29) is 12.3 Å². The molecular weight excluding hydrogens is 292 g/mol. The Kier molecular flexibility index (Phi) is 6.95. The van der Waals surface area contributed by atoms with Crippen LogP contribution in [0.15, 0.2) is 24.3 Å². The summed E-state index contributed by atoms with van der Waals surface area (Å²) in [6, 6.07) is 6.23. The van der Waals surface area contributed by atoms with Crippen LogP contribution in [0, 0.1) is 0 Å². The largest absolute Gasteiger partial charge is 0.480 e. The van der Waals surface area contributed by atoms with E-state index >= 15 is 0 Å². The second kappa shape index (κ2) is 8.46. The highest BCUT2D eigenvalue weighted by molar-refractivity contribution is 5.83. The normalized spacial score (nSPS) is 13.7. The lowest BCUT2D eigenvalue weighted by molar-refractivity contribution is -0.143. The highest BCUT2D eigenvalue weighted by Crippen LogP contribution is 2.20. The summed E-state index contributed by atoms with van der Waals surface area (Å²) >= 11 is 0. The molecule has 0 aliphatic heterocycles. The van der Waals surface area contributed by atoms with Crippen LogP contribution in [-0.2, 0) is 16.0 Å². The first-order chi connectivity index (χ1) is 10.3. The summed E-state index contributed by atoms with van der Waals surface area (Å²) in [5.41, 5.74) is 2.14. The lowest BCUT2D eigenvalue weighted by Gasteiger charge is -2.16. The van der Waals surface area contributed by atoms with Crippen molar-refractivity contribution >= 4 is 11.9 Å². The van der Waals surface area contributed by atoms with Gasteiger partial charge in [-0.2, -0.15) is 0 Å². The van der Waals surface area contributed by atoms with Crippen LogP contribution in [0.2, 0.25) is 0 Å². The molecule has 0 aliphatic carbocycles. The number of hydrogen-bond donors (Lipinski definition) is 2. The van der Waals surface area contributed by atoms with E-state index in [1.54, 1.807) is 0 Å². The molecule has 0 radical (unpaired) electrons. The fourth-order valence-corrected chi connectivity index (χ4v) is 2.13. The molecule has 2 N–H and O–H groups in total. The van der Waals surface area contributed by atoms with Gasteiger partial charge in [-0.05, 0) is 23.5 Å². The Labute approximate surface area is 128 Å². The number of aliphatic carboxylic acids is 1. The number of rotatable bonds is 8. The Morgan fingerprint density at radius 3 is 2.27 bits per heavy atom. The van der Waals surface area contributed by atoms with Gasteiger partial charge in [0.1, 0.15) is 6.04 Å². The molecule has 22 heavy (non-hydrogen) atoms. The van der Waals surface area contributed by atoms with Crippen LogP contribution in [0.4, 0.5) is 8.78 Å². The molecule has 0 aliphatic rings. The molecule has 0 aromatic heterocycles. The Hall–Kier alpha value is -1.98. The topological polar surface area (TPSA) is 66.4 Å². The second-order valence-electron chi connectivity index (χ2n) is 5.29. The van der Waals surface area contributed by atoms with Gasteiger partial charge in [0.15, 0.2) is 0 Å². The molecule has 0 spiro atoms. The summed E-state index contributed by atoms with van der Waals surface area (Å²) in [7, 11) is 0. The van der Waals surface area contributed by atoms with E-state index in [4.69, 9.17) is 5.11 Å². The van der Waals surface area contributed by atoms with Gasteiger partial charge >= 0.3 is 5.97 Å². The number of nitrogens with one attached hydrogen (secondary N) is 1. The van der Waals surface area contributed by atoms with Gasteiger partial charge in [0.25, 0.3) is 0 Å². The molecule has 1 amide bonds. The maximum absolute atomic E-state index is 12.3. The fraction of sp³-hybridized carbons (Fsp3) is 0.500. The van der Waals surface area contributed by atoms with E-state index in [1.807, 2.05) is 38.1 Å². The predicted octanol–water partition coefficient (Wildman–Crippen LogP) is 2.97. The van der Waals surface area contributed by atoms with Crippen molar-refractivity contribution in [2.45, 2.75) is 51.5 Å². The van der Waals surface area contributed by atoms with E-state index in [1.165, 1.54) is 5.56 Å². The van der Waals surface area contributed by atoms with Crippen LogP contribution in [0.25, 0.3) is 0 Å². The number of aryl methyl sites for hydroxylation is 1. The maximum Gasteiger partial charge on any atom is 0.326 e. The molecule has 0 saturated carbocycles. The highest BCUT2D eigenvalue weighted by Gasteiger charge is 2.24. The van der Waals surface area contributed by atoms with Crippen LogP contribution >= 0.6 is 0 Å². The van der Waals surface area contributed by atoms with Gasteiger partial charge in [-0.1, -0.05) is 38.1 Å². The summed E-state index contributed by atoms with van der Waals surface area (Å²) in [4.78, 5) is 22.7. The molecule has 122 valence electrons. The van der Waals surface area contributed by atoms with Gasteiger partial charge in [0.05, 0.1) is 0 Å². The number of carboxylic acids is 1. The first kappa shape index (κ1) is 18.1. The SMILES string of the molecule is CCc1ccc(C(C)CC(=O)NC(CC(F)F)C(=O)O)cc1. The number of hydrogen-bond acceptors (Lipinski definition) is 2. The molecule has 0 bridgehead atoms. The van der Waals surface area contributed by atoms with Crippen LogP contribution in [0.3, 0.4) is 0 Å². The third-order valence-electron chi connectivity index (χ3n) is 3.50. The zero-order chi connectivity index (χ0) is 16.7. The zero-order valence-electron chi connectivity index (χ0n) is 12.7. The maximum atomic E-state index is 12.3. The highest BCUT2D eigenvalue weighted by atomic mass is 19.3. The van der Waals surface area contributed by atoms with Crippen molar-refractivity contribution in [2.75, 3.05) is 0 Å². The van der Waals surface area contributed by atoms with Gasteiger partial charge in [0, 0.05) is 12.8 Å². The molecule has 1 rings (SSSR count). The van der Waals surface area contributed by atoms with Crippen molar-refractivity contribution in [1.29, 1.82) is 0 Å². The monoisotopic (exact) mass is 313 g/mol. The Morgan fingerprint density at radius 1 is 1.23 bits per heavy atom. The van der Waals surface area contributed by atoms with E-state index in [0.29, 0.717) is 0 Å². The van der Waals surface area contributed by atoms with Crippen molar-refractivity contribution in [1.82, 2.24) is 5.32 Å². The van der Waals surface area contributed by atoms with Crippen molar-refractivity contribution in [3.63, 3.8) is 0 Å². The van der Waals surface area contributed by atoms with E-state index < -0.39 is 30.8 Å². The second-order valence-corrected chi connectivity index (χ2v) is 5.29. The van der Waals surface area contributed by atoms with E-state index in [2.05, 4.69) is 5.32 Å². The van der Waals surface area contributed by atoms with Gasteiger partial charge < -0.3 is 10.4 Å². The molecule has 2 unspecified atom stereocenters. The number of carbonyl (C=O) groups excluding carboxylic acids is 1. The average Bonchev–Trinajstić information content (AvgIpc) is 2.46. The quantitative estimate of drug-likeness (QED) is 0.775. The number of carbonyl (C=O) groups is 2. The van der Waals surface area contributed by atoms with Crippen LogP contribution in [0.5, 0.6) is 0 Å². The molecule has 1 aromatic carbocycles. The van der Waals surface area contributed by atoms with Crippen LogP contribution < -0.4 is 5.32 Å². The molecule has 0 heterocycles. The van der Waals surface area contributed by atoms with Gasteiger partial charge in [-0.25, -0.2) is 13.6 Å². The Morgan fingerprint density at radius 2 is 1.82 bits per heavy atom. The zero-order valence-corrected chi connectivity index (χ0v) is 12.7. The predicted molar refractivity (Wildman–Crippen MR) is 79.0 cm³/mol. The molecular formula is C16H21F2NO3. The van der Waals surface area contributed by atoms with Gasteiger partial charge in [-0.3, -0.25) is 4.79 Å². The first-order valence-electron chi connectivity index (χ1n) is 7.22. The minimum absolute atomic E-state index is 0.0541. The molecule has 2 atom stereocenters.